The smallest absolute Gasteiger partial charge is 0.417 e. The van der Waals surface area contributed by atoms with Crippen LogP contribution in [0.2, 0.25) is 0 Å². The summed E-state index contributed by atoms with van der Waals surface area (Å²) in [7, 11) is 0. The Morgan fingerprint density at radius 3 is 2.58 bits per heavy atom. The summed E-state index contributed by atoms with van der Waals surface area (Å²) < 4.78 is 45.0. The van der Waals surface area contributed by atoms with Crippen LogP contribution in [0.25, 0.3) is 22.2 Å². The van der Waals surface area contributed by atoms with Crippen LogP contribution in [0, 0.1) is 12.3 Å². The molecule has 0 amide bonds. The minimum atomic E-state index is -4.78. The molecule has 0 aliphatic heterocycles. The monoisotopic (exact) mass is 331 g/mol. The maximum absolute atomic E-state index is 13.3. The summed E-state index contributed by atoms with van der Waals surface area (Å²) in [5.41, 5.74) is -3.92. The molecule has 0 saturated heterocycles. The average molecular weight is 331 g/mol. The van der Waals surface area contributed by atoms with Gasteiger partial charge in [0.2, 0.25) is 0 Å². The van der Waals surface area contributed by atoms with E-state index in [0.29, 0.717) is 0 Å². The molecule has 7 heteroatoms. The molecule has 4 nitrogen and oxygen atoms in total. The Hall–Kier alpha value is -3.27. The summed E-state index contributed by atoms with van der Waals surface area (Å²) in [6.07, 6.45) is 1.80. The Kier molecular flexibility index (Phi) is 3.53. The second-order valence-corrected chi connectivity index (χ2v) is 4.83. The molecule has 1 N–H and O–H groups in total. The van der Waals surface area contributed by atoms with Crippen LogP contribution in [-0.4, -0.2) is 10.1 Å². The van der Waals surface area contributed by atoms with E-state index in [1.165, 1.54) is 24.4 Å². The number of fused-ring (bicyclic) bond motifs is 1. The highest BCUT2D eigenvalue weighted by Crippen LogP contribution is 2.41. The predicted molar refractivity (Wildman–Crippen MR) is 80.3 cm³/mol. The second kappa shape index (κ2) is 5.42. The Bertz CT molecular complexity index is 1050. The van der Waals surface area contributed by atoms with E-state index in [1.54, 1.807) is 0 Å². The number of rotatable bonds is 1. The summed E-state index contributed by atoms with van der Waals surface area (Å²) in [6.45, 7) is 0. The summed E-state index contributed by atoms with van der Waals surface area (Å²) >= 11 is 0. The van der Waals surface area contributed by atoms with Gasteiger partial charge in [-0.15, -0.1) is 6.42 Å². The third-order valence-electron chi connectivity index (χ3n) is 3.41. The maximum atomic E-state index is 13.3. The van der Waals surface area contributed by atoms with E-state index in [-0.39, 0.29) is 16.7 Å². The first-order valence-corrected chi connectivity index (χ1v) is 6.62. The molecule has 120 valence electrons. The molecule has 0 bridgehead atoms. The van der Waals surface area contributed by atoms with Crippen molar-refractivity contribution in [3.05, 3.63) is 58.1 Å². The lowest BCUT2D eigenvalue weighted by Gasteiger charge is -2.15. The van der Waals surface area contributed by atoms with Gasteiger partial charge in [-0.25, -0.2) is 9.78 Å². The number of aromatic nitrogens is 1. The van der Waals surface area contributed by atoms with Gasteiger partial charge in [-0.2, -0.15) is 13.2 Å². The zero-order chi connectivity index (χ0) is 17.5. The first-order valence-electron chi connectivity index (χ1n) is 6.62. The summed E-state index contributed by atoms with van der Waals surface area (Å²) in [5.74, 6) is 1.38. The molecule has 3 aromatic rings. The van der Waals surface area contributed by atoms with Gasteiger partial charge in [0.25, 0.3) is 0 Å². The molecule has 0 unspecified atom stereocenters. The van der Waals surface area contributed by atoms with Crippen molar-refractivity contribution in [1.82, 2.24) is 4.98 Å². The van der Waals surface area contributed by atoms with Gasteiger partial charge < -0.3 is 9.52 Å². The van der Waals surface area contributed by atoms with E-state index in [9.17, 15) is 23.1 Å². The minimum Gasteiger partial charge on any atom is -0.505 e. The molecule has 0 fully saturated rings. The minimum absolute atomic E-state index is 0.0458. The lowest BCUT2D eigenvalue weighted by atomic mass is 9.94. The van der Waals surface area contributed by atoms with Crippen LogP contribution in [-0.2, 0) is 6.18 Å². The average Bonchev–Trinajstić information content (AvgIpc) is 2.54. The lowest BCUT2D eigenvalue weighted by Crippen LogP contribution is -2.13. The van der Waals surface area contributed by atoms with E-state index in [4.69, 9.17) is 10.8 Å². The van der Waals surface area contributed by atoms with Crippen molar-refractivity contribution in [3.63, 3.8) is 0 Å². The molecule has 0 aliphatic carbocycles. The standard InChI is InChI=1S/C17H8F3NO3/c1-2-9-5-3-6-10(17(18,19)20)12(9)13-15(22)14-11(24-16(13)23)7-4-8-21-14/h1,3-8,22H. The quantitative estimate of drug-likeness (QED) is 0.693. The van der Waals surface area contributed by atoms with Crippen molar-refractivity contribution in [3.8, 4) is 29.2 Å². The number of hydrogen-bond donors (Lipinski definition) is 1. The van der Waals surface area contributed by atoms with E-state index in [2.05, 4.69) is 10.9 Å². The highest BCUT2D eigenvalue weighted by Gasteiger charge is 2.36. The van der Waals surface area contributed by atoms with Gasteiger partial charge in [-0.1, -0.05) is 12.0 Å². The molecular weight excluding hydrogens is 323 g/mol. The summed E-state index contributed by atoms with van der Waals surface area (Å²) in [6, 6.07) is 5.97. The topological polar surface area (TPSA) is 63.3 Å². The number of pyridine rings is 1. The molecule has 2 aromatic heterocycles. The van der Waals surface area contributed by atoms with Crippen molar-refractivity contribution in [2.75, 3.05) is 0 Å². The number of benzene rings is 1. The predicted octanol–water partition coefficient (Wildman–Crippen LogP) is 3.56. The van der Waals surface area contributed by atoms with Crippen molar-refractivity contribution >= 4 is 11.1 Å². The first kappa shape index (κ1) is 15.6. The van der Waals surface area contributed by atoms with Crippen molar-refractivity contribution in [2.24, 2.45) is 0 Å². The number of halogens is 3. The summed E-state index contributed by atoms with van der Waals surface area (Å²) in [5, 5.41) is 10.3. The number of alkyl halides is 3. The van der Waals surface area contributed by atoms with Gasteiger partial charge in [0.15, 0.2) is 11.3 Å². The number of terminal acetylenes is 1. The number of aromatic hydroxyl groups is 1. The van der Waals surface area contributed by atoms with E-state index < -0.39 is 34.2 Å². The Morgan fingerprint density at radius 1 is 1.17 bits per heavy atom. The van der Waals surface area contributed by atoms with Gasteiger partial charge in [0, 0.05) is 17.3 Å². The second-order valence-electron chi connectivity index (χ2n) is 4.83. The van der Waals surface area contributed by atoms with Crippen LogP contribution >= 0.6 is 0 Å². The van der Waals surface area contributed by atoms with E-state index >= 15 is 0 Å². The molecule has 0 aliphatic rings. The number of nitrogens with zero attached hydrogens (tertiary/aromatic N) is 1. The van der Waals surface area contributed by atoms with Gasteiger partial charge in [0.05, 0.1) is 5.56 Å². The highest BCUT2D eigenvalue weighted by molar-refractivity contribution is 5.89. The highest BCUT2D eigenvalue weighted by atomic mass is 19.4. The van der Waals surface area contributed by atoms with Gasteiger partial charge in [-0.05, 0) is 24.3 Å². The SMILES string of the molecule is C#Cc1cccc(C(F)(F)F)c1-c1c(O)c2ncccc2oc1=O. The van der Waals surface area contributed by atoms with E-state index in [1.807, 2.05) is 0 Å². The van der Waals surface area contributed by atoms with Crippen LogP contribution in [0.1, 0.15) is 11.1 Å². The molecule has 0 radical (unpaired) electrons. The Morgan fingerprint density at radius 2 is 1.92 bits per heavy atom. The fourth-order valence-electron chi connectivity index (χ4n) is 2.42. The van der Waals surface area contributed by atoms with Gasteiger partial charge in [0.1, 0.15) is 11.1 Å². The molecule has 2 heterocycles. The van der Waals surface area contributed by atoms with Crippen molar-refractivity contribution in [2.45, 2.75) is 6.18 Å². The fourth-order valence-corrected chi connectivity index (χ4v) is 2.42. The van der Waals surface area contributed by atoms with Crippen molar-refractivity contribution < 1.29 is 22.7 Å². The molecule has 0 atom stereocenters. The van der Waals surface area contributed by atoms with Crippen LogP contribution in [0.3, 0.4) is 0 Å². The Balaban J connectivity index is 2.50. The van der Waals surface area contributed by atoms with Crippen LogP contribution in [0.5, 0.6) is 5.75 Å². The van der Waals surface area contributed by atoms with Crippen molar-refractivity contribution in [1.29, 1.82) is 0 Å². The third-order valence-corrected chi connectivity index (χ3v) is 3.41. The van der Waals surface area contributed by atoms with Crippen LogP contribution in [0.15, 0.2) is 45.7 Å². The van der Waals surface area contributed by atoms with Gasteiger partial charge in [-0.3, -0.25) is 0 Å². The summed E-state index contributed by atoms with van der Waals surface area (Å²) in [4.78, 5) is 16.1. The molecule has 24 heavy (non-hydrogen) atoms. The van der Waals surface area contributed by atoms with Crippen LogP contribution < -0.4 is 5.63 Å². The molecule has 1 aromatic carbocycles. The molecule has 0 saturated carbocycles. The molecule has 0 spiro atoms. The largest absolute Gasteiger partial charge is 0.505 e. The zero-order valence-electron chi connectivity index (χ0n) is 11.9. The molecular formula is C17H8F3NO3. The molecule has 3 rings (SSSR count). The van der Waals surface area contributed by atoms with Gasteiger partial charge >= 0.3 is 11.8 Å². The van der Waals surface area contributed by atoms with Crippen LogP contribution in [0.4, 0.5) is 13.2 Å². The normalized spacial score (nSPS) is 11.4. The van der Waals surface area contributed by atoms with E-state index in [0.717, 1.165) is 12.1 Å². The lowest BCUT2D eigenvalue weighted by molar-refractivity contribution is -0.137. The third kappa shape index (κ3) is 2.38. The number of hydrogen-bond acceptors (Lipinski definition) is 4. The Labute approximate surface area is 133 Å². The first-order chi connectivity index (χ1) is 11.3. The zero-order valence-corrected chi connectivity index (χ0v) is 11.9. The fraction of sp³-hybridized carbons (Fsp3) is 0.0588. The maximum Gasteiger partial charge on any atom is 0.417 e.